The standard InChI is InChI=1S/C24H34N6O7S/c1-12(31)20(30-21(33)15(25)9-13-11-27-16-6-4-3-5-14(13)16)23(35)28-17(7-8-38-2)22(34)29-18(24(36)37)10-19(26)32/h3-6,11-12,15,17-18,20,27,31H,7-10,25H2,1-2H3,(H2,26,32)(H,28,35)(H,29,34)(H,30,33)(H,36,37). The van der Waals surface area contributed by atoms with Gasteiger partial charge in [0, 0.05) is 17.1 Å². The van der Waals surface area contributed by atoms with Crippen LogP contribution in [0.3, 0.4) is 0 Å². The quantitative estimate of drug-likeness (QED) is 0.130. The van der Waals surface area contributed by atoms with Crippen LogP contribution in [0.15, 0.2) is 30.5 Å². The molecular formula is C24H34N6O7S. The fourth-order valence-corrected chi connectivity index (χ4v) is 4.21. The minimum Gasteiger partial charge on any atom is -0.480 e. The first-order chi connectivity index (χ1) is 17.9. The second-order valence-corrected chi connectivity index (χ2v) is 9.80. The van der Waals surface area contributed by atoms with Crippen LogP contribution in [0.1, 0.15) is 25.3 Å². The third-order valence-electron chi connectivity index (χ3n) is 5.78. The molecule has 14 heteroatoms. The third-order valence-corrected chi connectivity index (χ3v) is 6.42. The number of aliphatic hydroxyl groups is 1. The molecule has 208 valence electrons. The molecule has 1 aromatic carbocycles. The average Bonchev–Trinajstić information content (AvgIpc) is 3.26. The lowest BCUT2D eigenvalue weighted by molar-refractivity contribution is -0.144. The molecule has 0 radical (unpaired) electrons. The van der Waals surface area contributed by atoms with Gasteiger partial charge in [0.25, 0.3) is 0 Å². The minimum absolute atomic E-state index is 0.113. The Kier molecular flexibility index (Phi) is 11.6. The number of aliphatic hydroxyl groups excluding tert-OH is 1. The van der Waals surface area contributed by atoms with Crippen LogP contribution in [-0.4, -0.2) is 87.1 Å². The van der Waals surface area contributed by atoms with Crippen molar-refractivity contribution in [1.29, 1.82) is 0 Å². The Morgan fingerprint density at radius 2 is 1.68 bits per heavy atom. The predicted molar refractivity (Wildman–Crippen MR) is 142 cm³/mol. The van der Waals surface area contributed by atoms with Gasteiger partial charge < -0.3 is 42.6 Å². The highest BCUT2D eigenvalue weighted by Crippen LogP contribution is 2.18. The van der Waals surface area contributed by atoms with Gasteiger partial charge in [0.05, 0.1) is 18.6 Å². The van der Waals surface area contributed by atoms with Crippen molar-refractivity contribution in [2.24, 2.45) is 11.5 Å². The fourth-order valence-electron chi connectivity index (χ4n) is 3.74. The number of benzene rings is 1. The molecule has 2 aromatic rings. The number of rotatable bonds is 15. The smallest absolute Gasteiger partial charge is 0.326 e. The Morgan fingerprint density at radius 1 is 1.03 bits per heavy atom. The molecule has 13 nitrogen and oxygen atoms in total. The summed E-state index contributed by atoms with van der Waals surface area (Å²) in [5, 5.41) is 27.4. The summed E-state index contributed by atoms with van der Waals surface area (Å²) in [6, 6.07) is 2.23. The first-order valence-electron chi connectivity index (χ1n) is 11.8. The number of thioether (sulfide) groups is 1. The fraction of sp³-hybridized carbons (Fsp3) is 0.458. The Balaban J connectivity index is 2.09. The number of aromatic nitrogens is 1. The van der Waals surface area contributed by atoms with Gasteiger partial charge >= 0.3 is 5.97 Å². The van der Waals surface area contributed by atoms with Gasteiger partial charge in [-0.05, 0) is 43.4 Å². The zero-order valence-electron chi connectivity index (χ0n) is 21.1. The van der Waals surface area contributed by atoms with Crippen molar-refractivity contribution in [2.45, 2.75) is 56.5 Å². The van der Waals surface area contributed by atoms with Crippen molar-refractivity contribution in [3.05, 3.63) is 36.0 Å². The van der Waals surface area contributed by atoms with Crippen LogP contribution >= 0.6 is 11.8 Å². The number of carbonyl (C=O) groups is 5. The van der Waals surface area contributed by atoms with Gasteiger partial charge in [-0.1, -0.05) is 18.2 Å². The monoisotopic (exact) mass is 550 g/mol. The summed E-state index contributed by atoms with van der Waals surface area (Å²) in [5.74, 6) is -4.38. The lowest BCUT2D eigenvalue weighted by Crippen LogP contribution is -2.60. The number of aromatic amines is 1. The number of primary amides is 1. The zero-order valence-corrected chi connectivity index (χ0v) is 21.9. The number of H-pyrrole nitrogens is 1. The lowest BCUT2D eigenvalue weighted by Gasteiger charge is -2.26. The molecule has 5 atom stereocenters. The van der Waals surface area contributed by atoms with E-state index in [9.17, 15) is 34.2 Å². The normalized spacial score (nSPS) is 15.1. The van der Waals surface area contributed by atoms with Crippen LogP contribution in [0.5, 0.6) is 0 Å². The molecule has 0 fully saturated rings. The van der Waals surface area contributed by atoms with Crippen molar-refractivity contribution >= 4 is 52.3 Å². The average molecular weight is 551 g/mol. The maximum Gasteiger partial charge on any atom is 0.326 e. The summed E-state index contributed by atoms with van der Waals surface area (Å²) < 4.78 is 0. The van der Waals surface area contributed by atoms with E-state index in [4.69, 9.17) is 11.5 Å². The number of nitrogens with two attached hydrogens (primary N) is 2. The molecule has 10 N–H and O–H groups in total. The number of carbonyl (C=O) groups excluding carboxylic acids is 4. The second kappa shape index (κ2) is 14.4. The van der Waals surface area contributed by atoms with Gasteiger partial charge in [0.2, 0.25) is 23.6 Å². The highest BCUT2D eigenvalue weighted by atomic mass is 32.2. The van der Waals surface area contributed by atoms with Gasteiger partial charge in [-0.25, -0.2) is 4.79 Å². The molecule has 0 saturated heterocycles. The highest BCUT2D eigenvalue weighted by molar-refractivity contribution is 7.98. The van der Waals surface area contributed by atoms with Crippen molar-refractivity contribution in [2.75, 3.05) is 12.0 Å². The summed E-state index contributed by atoms with van der Waals surface area (Å²) in [6.45, 7) is 1.29. The zero-order chi connectivity index (χ0) is 28.4. The molecule has 38 heavy (non-hydrogen) atoms. The Bertz CT molecular complexity index is 1150. The van der Waals surface area contributed by atoms with Gasteiger partial charge in [-0.2, -0.15) is 11.8 Å². The van der Waals surface area contributed by atoms with Gasteiger partial charge in [-0.15, -0.1) is 0 Å². The van der Waals surface area contributed by atoms with Crippen LogP contribution in [0.25, 0.3) is 10.9 Å². The molecule has 0 bridgehead atoms. The Morgan fingerprint density at radius 3 is 2.29 bits per heavy atom. The molecule has 0 spiro atoms. The molecule has 5 unspecified atom stereocenters. The van der Waals surface area contributed by atoms with Crippen LogP contribution in [0.2, 0.25) is 0 Å². The van der Waals surface area contributed by atoms with Crippen LogP contribution in [0.4, 0.5) is 0 Å². The van der Waals surface area contributed by atoms with Crippen molar-refractivity contribution in [1.82, 2.24) is 20.9 Å². The van der Waals surface area contributed by atoms with Gasteiger partial charge in [0.1, 0.15) is 18.1 Å². The van der Waals surface area contributed by atoms with Crippen LogP contribution in [0, 0.1) is 0 Å². The van der Waals surface area contributed by atoms with E-state index in [1.165, 1.54) is 18.7 Å². The number of hydrogen-bond acceptors (Lipinski definition) is 8. The summed E-state index contributed by atoms with van der Waals surface area (Å²) in [6.07, 6.45) is 1.82. The second-order valence-electron chi connectivity index (χ2n) is 8.81. The molecule has 0 aliphatic carbocycles. The number of carboxylic acid groups (broad SMARTS) is 1. The van der Waals surface area contributed by atoms with E-state index in [1.807, 2.05) is 24.3 Å². The maximum absolute atomic E-state index is 13.0. The van der Waals surface area contributed by atoms with Gasteiger partial charge in [0.15, 0.2) is 0 Å². The first kappa shape index (κ1) is 30.6. The molecular weight excluding hydrogens is 516 g/mol. The maximum atomic E-state index is 13.0. The number of para-hydroxylation sites is 1. The van der Waals surface area contributed by atoms with Crippen molar-refractivity contribution in [3.63, 3.8) is 0 Å². The van der Waals surface area contributed by atoms with E-state index in [2.05, 4.69) is 20.9 Å². The number of nitrogens with one attached hydrogen (secondary N) is 4. The number of carboxylic acids is 1. The summed E-state index contributed by atoms with van der Waals surface area (Å²) >= 11 is 1.38. The van der Waals surface area contributed by atoms with Crippen LogP contribution < -0.4 is 27.4 Å². The Hall–Kier alpha value is -3.62. The molecule has 4 amide bonds. The molecule has 2 rings (SSSR count). The third kappa shape index (κ3) is 8.75. The Labute approximate surface area is 223 Å². The van der Waals surface area contributed by atoms with Crippen LogP contribution in [-0.2, 0) is 30.4 Å². The largest absolute Gasteiger partial charge is 0.480 e. The number of amides is 4. The number of hydrogen-bond donors (Lipinski definition) is 8. The molecule has 0 saturated carbocycles. The SMILES string of the molecule is CSCCC(NC(=O)C(NC(=O)C(N)Cc1c[nH]c2ccccc12)C(C)O)C(=O)NC(CC(N)=O)C(=O)O. The van der Waals surface area contributed by atoms with E-state index >= 15 is 0 Å². The summed E-state index contributed by atoms with van der Waals surface area (Å²) in [4.78, 5) is 64.2. The van der Waals surface area contributed by atoms with E-state index in [0.717, 1.165) is 16.5 Å². The number of aliphatic carboxylic acids is 1. The molecule has 1 aromatic heterocycles. The predicted octanol–water partition coefficient (Wildman–Crippen LogP) is -1.41. The van der Waals surface area contributed by atoms with E-state index < -0.39 is 66.3 Å². The number of fused-ring (bicyclic) bond motifs is 1. The topological polar surface area (TPSA) is 230 Å². The van der Waals surface area contributed by atoms with E-state index in [0.29, 0.717) is 5.75 Å². The van der Waals surface area contributed by atoms with E-state index in [1.54, 1.807) is 12.5 Å². The molecule has 0 aliphatic rings. The minimum atomic E-state index is -1.58. The highest BCUT2D eigenvalue weighted by Gasteiger charge is 2.32. The summed E-state index contributed by atoms with van der Waals surface area (Å²) in [7, 11) is 0. The lowest BCUT2D eigenvalue weighted by atomic mass is 10.0. The first-order valence-corrected chi connectivity index (χ1v) is 13.2. The van der Waals surface area contributed by atoms with Crippen molar-refractivity contribution < 1.29 is 34.2 Å². The molecule has 1 heterocycles. The summed E-state index contributed by atoms with van der Waals surface area (Å²) in [5.41, 5.74) is 12.8. The van der Waals surface area contributed by atoms with E-state index in [-0.39, 0.29) is 12.8 Å². The van der Waals surface area contributed by atoms with Crippen molar-refractivity contribution in [3.8, 4) is 0 Å². The molecule has 0 aliphatic heterocycles. The van der Waals surface area contributed by atoms with Gasteiger partial charge in [-0.3, -0.25) is 19.2 Å².